The van der Waals surface area contributed by atoms with Crippen molar-refractivity contribution in [2.75, 3.05) is 13.4 Å². The van der Waals surface area contributed by atoms with Crippen molar-refractivity contribution in [2.24, 2.45) is 4.99 Å². The van der Waals surface area contributed by atoms with Crippen molar-refractivity contribution < 1.29 is 19.0 Å². The number of rotatable bonds is 5. The molecule has 6 heteroatoms. The largest absolute Gasteiger partial charge is 0.465 e. The van der Waals surface area contributed by atoms with E-state index in [0.29, 0.717) is 23.7 Å². The van der Waals surface area contributed by atoms with Gasteiger partial charge in [-0.25, -0.2) is 4.99 Å². The number of fused-ring (bicyclic) bond motifs is 1. The van der Waals surface area contributed by atoms with Crippen molar-refractivity contribution in [3.8, 4) is 11.5 Å². The number of benzene rings is 1. The predicted molar refractivity (Wildman–Crippen MR) is 83.5 cm³/mol. The van der Waals surface area contributed by atoms with Crippen LogP contribution >= 0.6 is 0 Å². The number of nitrogens with one attached hydrogen (secondary N) is 1. The van der Waals surface area contributed by atoms with Gasteiger partial charge in [-0.15, -0.1) is 0 Å². The summed E-state index contributed by atoms with van der Waals surface area (Å²) in [5, 5.41) is 2.72. The lowest BCUT2D eigenvalue weighted by Gasteiger charge is -2.12. The van der Waals surface area contributed by atoms with Crippen molar-refractivity contribution in [3.63, 3.8) is 0 Å². The number of carbonyl (C=O) groups is 1. The third-order valence-corrected chi connectivity index (χ3v) is 3.23. The SMILES string of the molecule is CCCOC(=N[C@H](C)CC)NC(=O)c1ccc2c(c1)OCO2. The van der Waals surface area contributed by atoms with Crippen LogP contribution in [0.25, 0.3) is 0 Å². The molecule has 1 aliphatic heterocycles. The maximum atomic E-state index is 12.3. The van der Waals surface area contributed by atoms with Crippen molar-refractivity contribution in [2.45, 2.75) is 39.7 Å². The molecule has 0 spiro atoms. The second-order valence-corrected chi connectivity index (χ2v) is 5.06. The maximum Gasteiger partial charge on any atom is 0.291 e. The summed E-state index contributed by atoms with van der Waals surface area (Å²) in [7, 11) is 0. The van der Waals surface area contributed by atoms with Gasteiger partial charge in [0.15, 0.2) is 11.5 Å². The summed E-state index contributed by atoms with van der Waals surface area (Å²) < 4.78 is 16.0. The van der Waals surface area contributed by atoms with Crippen LogP contribution in [0.2, 0.25) is 0 Å². The number of hydrogen-bond acceptors (Lipinski definition) is 5. The van der Waals surface area contributed by atoms with Gasteiger partial charge in [0.2, 0.25) is 6.79 Å². The van der Waals surface area contributed by atoms with E-state index >= 15 is 0 Å². The second-order valence-electron chi connectivity index (χ2n) is 5.06. The topological polar surface area (TPSA) is 69.2 Å². The number of nitrogens with zero attached hydrogens (tertiary/aromatic N) is 1. The highest BCUT2D eigenvalue weighted by Crippen LogP contribution is 2.32. The molecule has 0 saturated heterocycles. The van der Waals surface area contributed by atoms with E-state index in [1.165, 1.54) is 0 Å². The van der Waals surface area contributed by atoms with Crippen LogP contribution in [0.3, 0.4) is 0 Å². The highest BCUT2D eigenvalue weighted by Gasteiger charge is 2.17. The third-order valence-electron chi connectivity index (χ3n) is 3.23. The second kappa shape index (κ2) is 7.68. The summed E-state index contributed by atoms with van der Waals surface area (Å²) >= 11 is 0. The van der Waals surface area contributed by atoms with Crippen LogP contribution in [0, 0.1) is 0 Å². The van der Waals surface area contributed by atoms with E-state index in [2.05, 4.69) is 10.3 Å². The molecule has 22 heavy (non-hydrogen) atoms. The van der Waals surface area contributed by atoms with Gasteiger partial charge >= 0.3 is 0 Å². The lowest BCUT2D eigenvalue weighted by atomic mass is 10.2. The first-order chi connectivity index (χ1) is 10.6. The zero-order valence-electron chi connectivity index (χ0n) is 13.2. The van der Waals surface area contributed by atoms with Gasteiger partial charge < -0.3 is 14.2 Å². The lowest BCUT2D eigenvalue weighted by molar-refractivity contribution is 0.0964. The summed E-state index contributed by atoms with van der Waals surface area (Å²) in [4.78, 5) is 16.7. The fourth-order valence-corrected chi connectivity index (χ4v) is 1.80. The maximum absolute atomic E-state index is 12.3. The summed E-state index contributed by atoms with van der Waals surface area (Å²) in [6, 6.07) is 5.40. The lowest BCUT2D eigenvalue weighted by Crippen LogP contribution is -2.33. The van der Waals surface area contributed by atoms with Gasteiger partial charge in [-0.05, 0) is 38.0 Å². The first-order valence-electron chi connectivity index (χ1n) is 7.55. The van der Waals surface area contributed by atoms with Gasteiger partial charge in [-0.1, -0.05) is 13.8 Å². The van der Waals surface area contributed by atoms with Crippen molar-refractivity contribution in [1.29, 1.82) is 0 Å². The molecule has 0 unspecified atom stereocenters. The molecule has 1 amide bonds. The molecule has 0 radical (unpaired) electrons. The zero-order valence-corrected chi connectivity index (χ0v) is 13.2. The van der Waals surface area contributed by atoms with E-state index in [1.54, 1.807) is 18.2 Å². The molecule has 1 aromatic rings. The molecule has 6 nitrogen and oxygen atoms in total. The van der Waals surface area contributed by atoms with Crippen LogP contribution in [-0.2, 0) is 4.74 Å². The fraction of sp³-hybridized carbons (Fsp3) is 0.500. The van der Waals surface area contributed by atoms with E-state index < -0.39 is 0 Å². The van der Waals surface area contributed by atoms with Crippen LogP contribution < -0.4 is 14.8 Å². The molecule has 0 saturated carbocycles. The van der Waals surface area contributed by atoms with Crippen molar-refractivity contribution >= 4 is 11.9 Å². The smallest absolute Gasteiger partial charge is 0.291 e. The van der Waals surface area contributed by atoms with E-state index in [1.807, 2.05) is 20.8 Å². The number of aliphatic imine (C=N–C) groups is 1. The van der Waals surface area contributed by atoms with Gasteiger partial charge in [0, 0.05) is 5.56 Å². The van der Waals surface area contributed by atoms with E-state index in [0.717, 1.165) is 12.8 Å². The number of amidine groups is 1. The minimum atomic E-state index is -0.281. The fourth-order valence-electron chi connectivity index (χ4n) is 1.80. The molecule has 120 valence electrons. The minimum Gasteiger partial charge on any atom is -0.465 e. The summed E-state index contributed by atoms with van der Waals surface area (Å²) in [5.41, 5.74) is 0.473. The average Bonchev–Trinajstić information content (AvgIpc) is 2.99. The summed E-state index contributed by atoms with van der Waals surface area (Å²) in [6.07, 6.45) is 1.72. The highest BCUT2D eigenvalue weighted by atomic mass is 16.7. The third kappa shape index (κ3) is 4.13. The monoisotopic (exact) mass is 306 g/mol. The molecular formula is C16H22N2O4. The Balaban J connectivity index is 2.08. The Hall–Kier alpha value is -2.24. The van der Waals surface area contributed by atoms with Crippen LogP contribution in [-0.4, -0.2) is 31.4 Å². The van der Waals surface area contributed by atoms with Crippen LogP contribution in [0.5, 0.6) is 11.5 Å². The summed E-state index contributed by atoms with van der Waals surface area (Å²) in [5.74, 6) is 0.936. The van der Waals surface area contributed by atoms with E-state index in [9.17, 15) is 4.79 Å². The normalized spacial score (nSPS) is 14.6. The molecule has 0 bridgehead atoms. The number of amides is 1. The Morgan fingerprint density at radius 3 is 2.86 bits per heavy atom. The number of hydrogen-bond donors (Lipinski definition) is 1. The molecule has 1 atom stereocenters. The minimum absolute atomic E-state index is 0.0870. The Kier molecular flexibility index (Phi) is 5.63. The molecule has 0 aliphatic carbocycles. The van der Waals surface area contributed by atoms with Crippen LogP contribution in [0.4, 0.5) is 0 Å². The van der Waals surface area contributed by atoms with Gasteiger partial charge in [-0.3, -0.25) is 10.1 Å². The van der Waals surface area contributed by atoms with Gasteiger partial charge in [0.25, 0.3) is 11.9 Å². The first kappa shape index (κ1) is 16.1. The van der Waals surface area contributed by atoms with Crippen LogP contribution in [0.15, 0.2) is 23.2 Å². The van der Waals surface area contributed by atoms with Gasteiger partial charge in [-0.2, -0.15) is 0 Å². The number of ether oxygens (including phenoxy) is 3. The Bertz CT molecular complexity index is 557. The standard InChI is InChI=1S/C16H22N2O4/c1-4-8-20-16(17-11(3)5-2)18-15(19)12-6-7-13-14(9-12)22-10-21-13/h6-7,9,11H,4-5,8,10H2,1-3H3,(H,17,18,19)/t11-/m1/s1. The molecular weight excluding hydrogens is 284 g/mol. The number of carbonyl (C=O) groups excluding carboxylic acids is 1. The predicted octanol–water partition coefficient (Wildman–Crippen LogP) is 2.73. The zero-order chi connectivity index (χ0) is 15.9. The first-order valence-corrected chi connectivity index (χ1v) is 7.55. The van der Waals surface area contributed by atoms with Gasteiger partial charge in [0.1, 0.15) is 0 Å². The molecule has 0 aromatic heterocycles. The molecule has 1 heterocycles. The van der Waals surface area contributed by atoms with Crippen molar-refractivity contribution in [3.05, 3.63) is 23.8 Å². The highest BCUT2D eigenvalue weighted by molar-refractivity contribution is 6.04. The Morgan fingerprint density at radius 1 is 1.36 bits per heavy atom. The molecule has 1 N–H and O–H groups in total. The summed E-state index contributed by atoms with van der Waals surface area (Å²) in [6.45, 7) is 6.70. The quantitative estimate of drug-likeness (QED) is 0.671. The Morgan fingerprint density at radius 2 is 2.14 bits per heavy atom. The van der Waals surface area contributed by atoms with E-state index in [4.69, 9.17) is 14.2 Å². The molecule has 1 aliphatic rings. The van der Waals surface area contributed by atoms with E-state index in [-0.39, 0.29) is 24.8 Å². The average molecular weight is 306 g/mol. The molecule has 2 rings (SSSR count). The van der Waals surface area contributed by atoms with Crippen molar-refractivity contribution in [1.82, 2.24) is 5.32 Å². The molecule has 0 fully saturated rings. The van der Waals surface area contributed by atoms with Crippen LogP contribution in [0.1, 0.15) is 44.0 Å². The Labute approximate surface area is 130 Å². The van der Waals surface area contributed by atoms with Gasteiger partial charge in [0.05, 0.1) is 12.6 Å². The molecule has 1 aromatic carbocycles.